The van der Waals surface area contributed by atoms with E-state index in [1.807, 2.05) is 54.3 Å². The maximum atomic E-state index is 12.7. The van der Waals surface area contributed by atoms with E-state index >= 15 is 0 Å². The van der Waals surface area contributed by atoms with E-state index in [0.717, 1.165) is 31.8 Å². The molecule has 0 radical (unpaired) electrons. The van der Waals surface area contributed by atoms with Crippen LogP contribution in [0.25, 0.3) is 11.0 Å². The molecule has 2 aromatic heterocycles. The predicted molar refractivity (Wildman–Crippen MR) is 103 cm³/mol. The van der Waals surface area contributed by atoms with Crippen LogP contribution in [0.3, 0.4) is 0 Å². The Hall–Kier alpha value is -1.50. The second-order valence-electron chi connectivity index (χ2n) is 5.49. The molecule has 1 aromatic carbocycles. The zero-order valence-electron chi connectivity index (χ0n) is 13.5. The summed E-state index contributed by atoms with van der Waals surface area (Å²) in [6, 6.07) is 11.8. The van der Waals surface area contributed by atoms with Crippen LogP contribution in [-0.4, -0.2) is 33.7 Å². The summed E-state index contributed by atoms with van der Waals surface area (Å²) >= 11 is 9.17. The Labute approximate surface area is 154 Å². The minimum Gasteiger partial charge on any atom is -0.339 e. The van der Waals surface area contributed by atoms with Crippen LogP contribution in [0.2, 0.25) is 4.34 Å². The minimum atomic E-state index is 0.0602. The molecule has 0 aliphatic carbocycles. The van der Waals surface area contributed by atoms with Gasteiger partial charge in [0.25, 0.3) is 0 Å². The van der Waals surface area contributed by atoms with Crippen molar-refractivity contribution in [2.45, 2.75) is 18.8 Å². The molecule has 0 aliphatic rings. The summed E-state index contributed by atoms with van der Waals surface area (Å²) in [5, 5.41) is 0. The third-order valence-electron chi connectivity index (χ3n) is 3.75. The summed E-state index contributed by atoms with van der Waals surface area (Å²) in [5.74, 6) is 1.78. The lowest BCUT2D eigenvalue weighted by atomic mass is 10.3. The molecule has 0 spiro atoms. The van der Waals surface area contributed by atoms with Crippen LogP contribution < -0.4 is 0 Å². The topological polar surface area (TPSA) is 38.1 Å². The van der Waals surface area contributed by atoms with Gasteiger partial charge in [-0.25, -0.2) is 4.98 Å². The number of benzene rings is 1. The fourth-order valence-corrected chi connectivity index (χ4v) is 4.18. The molecular formula is C17H18ClN3OS2. The van der Waals surface area contributed by atoms with Crippen molar-refractivity contribution >= 4 is 51.6 Å². The monoisotopic (exact) mass is 379 g/mol. The zero-order valence-corrected chi connectivity index (χ0v) is 15.9. The third-order valence-corrected chi connectivity index (χ3v) is 5.51. The molecule has 0 aliphatic heterocycles. The van der Waals surface area contributed by atoms with E-state index in [1.54, 1.807) is 16.7 Å². The van der Waals surface area contributed by atoms with E-state index in [2.05, 4.69) is 4.98 Å². The first kappa shape index (κ1) is 17.3. The molecule has 0 unspecified atom stereocenters. The lowest BCUT2D eigenvalue weighted by Crippen LogP contribution is -2.30. The van der Waals surface area contributed by atoms with Gasteiger partial charge in [0.15, 0.2) is 0 Å². The minimum absolute atomic E-state index is 0.0602. The first-order valence-electron chi connectivity index (χ1n) is 7.49. The molecule has 0 fully saturated rings. The van der Waals surface area contributed by atoms with Crippen molar-refractivity contribution in [2.24, 2.45) is 0 Å². The fraction of sp³-hybridized carbons (Fsp3) is 0.294. The second-order valence-corrected chi connectivity index (χ2v) is 8.16. The van der Waals surface area contributed by atoms with Gasteiger partial charge in [-0.3, -0.25) is 4.79 Å². The third kappa shape index (κ3) is 3.77. The normalized spacial score (nSPS) is 11.1. The summed E-state index contributed by atoms with van der Waals surface area (Å²) in [4.78, 5) is 20.1. The van der Waals surface area contributed by atoms with E-state index in [-0.39, 0.29) is 5.91 Å². The number of likely N-dealkylation sites (N-methyl/N-ethyl adjacent to an activating group) is 1. The first-order valence-corrected chi connectivity index (χ1v) is 10.1. The number of hydrogen-bond donors (Lipinski definition) is 0. The Kier molecular flexibility index (Phi) is 5.48. The van der Waals surface area contributed by atoms with Crippen LogP contribution in [-0.2, 0) is 23.6 Å². The number of amides is 1. The van der Waals surface area contributed by atoms with Gasteiger partial charge in [-0.05, 0) is 30.5 Å². The van der Waals surface area contributed by atoms with E-state index in [0.29, 0.717) is 13.1 Å². The zero-order chi connectivity index (χ0) is 17.1. The summed E-state index contributed by atoms with van der Waals surface area (Å²) < 4.78 is 2.76. The molecule has 1 amide bonds. The number of halogens is 1. The standard InChI is InChI=1S/C17H18ClN3OS2/c1-20(9-12-7-8-15(18)24-12)17(22)10-21-14-6-4-3-5-13(14)19-16(21)11-23-2/h3-8H,9-11H2,1-2H3. The van der Waals surface area contributed by atoms with Gasteiger partial charge < -0.3 is 9.47 Å². The Bertz CT molecular complexity index is 859. The highest BCUT2D eigenvalue weighted by Crippen LogP contribution is 2.23. The number of para-hydroxylation sites is 2. The van der Waals surface area contributed by atoms with E-state index in [9.17, 15) is 4.79 Å². The van der Waals surface area contributed by atoms with E-state index in [4.69, 9.17) is 11.6 Å². The Morgan fingerprint density at radius 1 is 1.33 bits per heavy atom. The van der Waals surface area contributed by atoms with Crippen molar-refractivity contribution in [3.63, 3.8) is 0 Å². The van der Waals surface area contributed by atoms with Crippen LogP contribution in [0.1, 0.15) is 10.7 Å². The summed E-state index contributed by atoms with van der Waals surface area (Å²) in [5.41, 5.74) is 1.93. The molecule has 24 heavy (non-hydrogen) atoms. The molecule has 3 rings (SSSR count). The molecule has 126 valence electrons. The molecule has 0 bridgehead atoms. The molecule has 0 saturated heterocycles. The quantitative estimate of drug-likeness (QED) is 0.641. The molecule has 0 atom stereocenters. The SMILES string of the molecule is CSCc1nc2ccccc2n1CC(=O)N(C)Cc1ccc(Cl)s1. The molecule has 0 saturated carbocycles. The maximum Gasteiger partial charge on any atom is 0.242 e. The van der Waals surface area contributed by atoms with Crippen LogP contribution in [0.15, 0.2) is 36.4 Å². The molecule has 3 aromatic rings. The van der Waals surface area contributed by atoms with Crippen molar-refractivity contribution in [2.75, 3.05) is 13.3 Å². The highest BCUT2D eigenvalue weighted by molar-refractivity contribution is 7.97. The predicted octanol–water partition coefficient (Wildman–Crippen LogP) is 4.27. The maximum absolute atomic E-state index is 12.7. The van der Waals surface area contributed by atoms with Gasteiger partial charge in [0, 0.05) is 11.9 Å². The molecule has 0 N–H and O–H groups in total. The Morgan fingerprint density at radius 2 is 2.12 bits per heavy atom. The first-order chi connectivity index (χ1) is 11.6. The lowest BCUT2D eigenvalue weighted by molar-refractivity contribution is -0.131. The number of carbonyl (C=O) groups excluding carboxylic acids is 1. The van der Waals surface area contributed by atoms with Gasteiger partial charge >= 0.3 is 0 Å². The number of thiophene rings is 1. The molecular weight excluding hydrogens is 362 g/mol. The molecule has 4 nitrogen and oxygen atoms in total. The number of hydrogen-bond acceptors (Lipinski definition) is 4. The number of rotatable bonds is 6. The number of fused-ring (bicyclic) bond motifs is 1. The lowest BCUT2D eigenvalue weighted by Gasteiger charge is -2.18. The van der Waals surface area contributed by atoms with Gasteiger partial charge in [0.2, 0.25) is 5.91 Å². The van der Waals surface area contributed by atoms with Gasteiger partial charge in [-0.1, -0.05) is 23.7 Å². The summed E-state index contributed by atoms with van der Waals surface area (Å²) in [6.07, 6.45) is 2.04. The van der Waals surface area contributed by atoms with Crippen molar-refractivity contribution < 1.29 is 4.79 Å². The fourth-order valence-electron chi connectivity index (χ4n) is 2.56. The van der Waals surface area contributed by atoms with Crippen molar-refractivity contribution in [1.82, 2.24) is 14.5 Å². The smallest absolute Gasteiger partial charge is 0.242 e. The highest BCUT2D eigenvalue weighted by atomic mass is 35.5. The Balaban J connectivity index is 1.80. The number of aromatic nitrogens is 2. The van der Waals surface area contributed by atoms with Crippen LogP contribution in [0.4, 0.5) is 0 Å². The molecule has 2 heterocycles. The van der Waals surface area contributed by atoms with E-state index in [1.165, 1.54) is 11.3 Å². The number of carbonyl (C=O) groups is 1. The number of nitrogens with zero attached hydrogens (tertiary/aromatic N) is 3. The van der Waals surface area contributed by atoms with Gasteiger partial charge in [-0.15, -0.1) is 11.3 Å². The van der Waals surface area contributed by atoms with Crippen molar-refractivity contribution in [3.8, 4) is 0 Å². The van der Waals surface area contributed by atoms with Gasteiger partial charge in [0.05, 0.1) is 27.7 Å². The summed E-state index contributed by atoms with van der Waals surface area (Å²) in [6.45, 7) is 0.868. The number of imidazole rings is 1. The summed E-state index contributed by atoms with van der Waals surface area (Å²) in [7, 11) is 1.82. The van der Waals surface area contributed by atoms with E-state index < -0.39 is 0 Å². The van der Waals surface area contributed by atoms with Gasteiger partial charge in [-0.2, -0.15) is 11.8 Å². The largest absolute Gasteiger partial charge is 0.339 e. The molecule has 7 heteroatoms. The van der Waals surface area contributed by atoms with Crippen LogP contribution in [0, 0.1) is 0 Å². The van der Waals surface area contributed by atoms with Gasteiger partial charge in [0.1, 0.15) is 12.4 Å². The van der Waals surface area contributed by atoms with Crippen molar-refractivity contribution in [3.05, 3.63) is 51.4 Å². The average molecular weight is 380 g/mol. The van der Waals surface area contributed by atoms with Crippen molar-refractivity contribution in [1.29, 1.82) is 0 Å². The number of thioether (sulfide) groups is 1. The average Bonchev–Trinajstić information content (AvgIpc) is 3.12. The Morgan fingerprint density at radius 3 is 2.83 bits per heavy atom. The second kappa shape index (κ2) is 7.59. The highest BCUT2D eigenvalue weighted by Gasteiger charge is 2.16. The van der Waals surface area contributed by atoms with Crippen LogP contribution in [0.5, 0.6) is 0 Å². The van der Waals surface area contributed by atoms with Crippen LogP contribution >= 0.6 is 34.7 Å².